The Morgan fingerprint density at radius 2 is 1.92 bits per heavy atom. The third kappa shape index (κ3) is 3.53. The third-order valence-electron chi connectivity index (χ3n) is 3.19. The van der Waals surface area contributed by atoms with E-state index >= 15 is 0 Å². The van der Waals surface area contributed by atoms with Gasteiger partial charge in [-0.2, -0.15) is 0 Å². The second kappa shape index (κ2) is 6.80. The van der Waals surface area contributed by atoms with Crippen LogP contribution in [0.1, 0.15) is 0 Å². The molecular weight excluding hydrogens is 370 g/mol. The molecule has 3 rings (SSSR count). The van der Waals surface area contributed by atoms with E-state index in [1.165, 1.54) is 18.2 Å². The molecule has 2 N–H and O–H groups in total. The molecule has 0 atom stereocenters. The molecule has 1 heterocycles. The molecule has 0 fully saturated rings. The first-order valence-corrected chi connectivity index (χ1v) is 9.79. The molecule has 124 valence electrons. The molecule has 0 saturated heterocycles. The minimum atomic E-state index is -3.76. The number of hydrogen-bond donors (Lipinski definition) is 2. The average Bonchev–Trinajstić information content (AvgIpc) is 3.10. The van der Waals surface area contributed by atoms with E-state index in [4.69, 9.17) is 11.6 Å². The van der Waals surface area contributed by atoms with Gasteiger partial charge in [0.2, 0.25) is 0 Å². The fourth-order valence-electron chi connectivity index (χ4n) is 2.00. The Balaban J connectivity index is 1.93. The van der Waals surface area contributed by atoms with E-state index in [9.17, 15) is 8.42 Å². The van der Waals surface area contributed by atoms with Crippen LogP contribution in [0, 0.1) is 0 Å². The van der Waals surface area contributed by atoms with Crippen LogP contribution >= 0.6 is 23.4 Å². The monoisotopic (exact) mass is 381 g/mol. The molecule has 2 aromatic carbocycles. The highest BCUT2D eigenvalue weighted by Crippen LogP contribution is 2.28. The van der Waals surface area contributed by atoms with Crippen molar-refractivity contribution in [2.24, 2.45) is 0 Å². The Morgan fingerprint density at radius 1 is 1.17 bits per heavy atom. The van der Waals surface area contributed by atoms with E-state index in [2.05, 4.69) is 25.3 Å². The summed E-state index contributed by atoms with van der Waals surface area (Å²) in [6.07, 6.45) is 1.95. The van der Waals surface area contributed by atoms with Crippen molar-refractivity contribution in [1.82, 2.24) is 20.6 Å². The predicted molar refractivity (Wildman–Crippen MR) is 93.7 cm³/mol. The lowest BCUT2D eigenvalue weighted by Crippen LogP contribution is -2.13. The summed E-state index contributed by atoms with van der Waals surface area (Å²) >= 11 is 7.68. The van der Waals surface area contributed by atoms with Crippen LogP contribution in [0.3, 0.4) is 0 Å². The van der Waals surface area contributed by atoms with Gasteiger partial charge in [0.05, 0.1) is 9.92 Å². The molecular formula is C14H12ClN5O2S2. The minimum Gasteiger partial charge on any atom is -0.280 e. The number of anilines is 1. The van der Waals surface area contributed by atoms with E-state index in [0.717, 1.165) is 4.90 Å². The maximum absolute atomic E-state index is 12.6. The number of rotatable bonds is 5. The molecule has 0 aliphatic carbocycles. The lowest BCUT2D eigenvalue weighted by atomic mass is 10.2. The summed E-state index contributed by atoms with van der Waals surface area (Å²) in [7, 11) is -3.76. The van der Waals surface area contributed by atoms with Crippen molar-refractivity contribution in [2.75, 3.05) is 11.0 Å². The molecule has 0 amide bonds. The Kier molecular flexibility index (Phi) is 4.74. The molecule has 1 aromatic heterocycles. The van der Waals surface area contributed by atoms with Crippen LogP contribution in [0.2, 0.25) is 5.02 Å². The van der Waals surface area contributed by atoms with Crippen molar-refractivity contribution in [1.29, 1.82) is 0 Å². The number of benzene rings is 2. The highest BCUT2D eigenvalue weighted by molar-refractivity contribution is 7.98. The standard InChI is InChI=1S/C14H12ClN5O2S2/c1-23-10-4-2-9(3-5-10)18-24(21,22)11-6-7-13(15)12(8-11)14-16-19-20-17-14/h2-8,18H,1H3,(H,16,17,19,20). The van der Waals surface area contributed by atoms with Crippen LogP contribution in [0.25, 0.3) is 11.4 Å². The van der Waals surface area contributed by atoms with E-state index in [-0.39, 0.29) is 4.90 Å². The number of aromatic amines is 1. The number of halogens is 1. The van der Waals surface area contributed by atoms with Gasteiger partial charge in [-0.3, -0.25) is 4.72 Å². The van der Waals surface area contributed by atoms with Gasteiger partial charge < -0.3 is 0 Å². The van der Waals surface area contributed by atoms with Gasteiger partial charge in [0.15, 0.2) is 5.82 Å². The van der Waals surface area contributed by atoms with E-state index in [1.54, 1.807) is 23.9 Å². The molecule has 3 aromatic rings. The molecule has 0 radical (unpaired) electrons. The highest BCUT2D eigenvalue weighted by Gasteiger charge is 2.18. The van der Waals surface area contributed by atoms with Crippen molar-refractivity contribution in [3.05, 3.63) is 47.5 Å². The molecule has 10 heteroatoms. The minimum absolute atomic E-state index is 0.0623. The normalized spacial score (nSPS) is 11.4. The number of H-pyrrole nitrogens is 1. The first-order chi connectivity index (χ1) is 11.5. The molecule has 0 aliphatic heterocycles. The first-order valence-electron chi connectivity index (χ1n) is 6.70. The maximum Gasteiger partial charge on any atom is 0.261 e. The first kappa shape index (κ1) is 16.7. The SMILES string of the molecule is CSc1ccc(NS(=O)(=O)c2ccc(Cl)c(-c3nnn[nH]3)c2)cc1. The predicted octanol–water partition coefficient (Wildman–Crippen LogP) is 3.04. The zero-order valence-electron chi connectivity index (χ0n) is 12.4. The van der Waals surface area contributed by atoms with Crippen LogP contribution in [0.5, 0.6) is 0 Å². The molecule has 7 nitrogen and oxygen atoms in total. The lowest BCUT2D eigenvalue weighted by molar-refractivity contribution is 0.601. The van der Waals surface area contributed by atoms with Crippen molar-refractivity contribution < 1.29 is 8.42 Å². The van der Waals surface area contributed by atoms with Crippen LogP contribution in [-0.2, 0) is 10.0 Å². The smallest absolute Gasteiger partial charge is 0.261 e. The number of thioether (sulfide) groups is 1. The van der Waals surface area contributed by atoms with Gasteiger partial charge in [-0.25, -0.2) is 13.5 Å². The summed E-state index contributed by atoms with van der Waals surface area (Å²) in [6.45, 7) is 0. The molecule has 24 heavy (non-hydrogen) atoms. The number of nitrogens with one attached hydrogen (secondary N) is 2. The van der Waals surface area contributed by atoms with Crippen molar-refractivity contribution >= 4 is 39.1 Å². The molecule has 0 spiro atoms. The van der Waals surface area contributed by atoms with Gasteiger partial charge in [-0.1, -0.05) is 11.6 Å². The van der Waals surface area contributed by atoms with Crippen LogP contribution in [0.15, 0.2) is 52.3 Å². The molecule has 0 unspecified atom stereocenters. The van der Waals surface area contributed by atoms with Gasteiger partial charge in [-0.05, 0) is 59.1 Å². The fraction of sp³-hybridized carbons (Fsp3) is 0.0714. The van der Waals surface area contributed by atoms with Crippen molar-refractivity contribution in [3.8, 4) is 11.4 Å². The summed E-state index contributed by atoms with van der Waals surface area (Å²) in [4.78, 5) is 1.11. The number of aromatic nitrogens is 4. The van der Waals surface area contributed by atoms with E-state index in [0.29, 0.717) is 22.1 Å². The Bertz CT molecular complexity index is 944. The summed E-state index contributed by atoms with van der Waals surface area (Å²) in [5.41, 5.74) is 0.882. The van der Waals surface area contributed by atoms with Crippen LogP contribution in [0.4, 0.5) is 5.69 Å². The molecule has 0 bridgehead atoms. The quantitative estimate of drug-likeness (QED) is 0.659. The van der Waals surface area contributed by atoms with Crippen LogP contribution in [-0.4, -0.2) is 35.3 Å². The Hall–Kier alpha value is -2.10. The molecule has 0 aliphatic rings. The number of hydrogen-bond acceptors (Lipinski definition) is 6. The number of tetrazole rings is 1. The number of sulfonamides is 1. The Labute approximate surface area is 147 Å². The second-order valence-corrected chi connectivity index (χ2v) is 7.69. The zero-order chi connectivity index (χ0) is 17.2. The third-order valence-corrected chi connectivity index (χ3v) is 5.64. The lowest BCUT2D eigenvalue weighted by Gasteiger charge is -2.10. The number of nitrogens with zero attached hydrogens (tertiary/aromatic N) is 3. The van der Waals surface area contributed by atoms with Gasteiger partial charge in [0.1, 0.15) is 0 Å². The summed E-state index contributed by atoms with van der Waals surface area (Å²) in [5, 5.41) is 13.6. The van der Waals surface area contributed by atoms with E-state index < -0.39 is 10.0 Å². The van der Waals surface area contributed by atoms with E-state index in [1.807, 2.05) is 18.4 Å². The summed E-state index contributed by atoms with van der Waals surface area (Å²) in [6, 6.07) is 11.4. The maximum atomic E-state index is 12.6. The average molecular weight is 382 g/mol. The topological polar surface area (TPSA) is 101 Å². The van der Waals surface area contributed by atoms with Gasteiger partial charge in [0.25, 0.3) is 10.0 Å². The highest BCUT2D eigenvalue weighted by atomic mass is 35.5. The van der Waals surface area contributed by atoms with Gasteiger partial charge >= 0.3 is 0 Å². The zero-order valence-corrected chi connectivity index (χ0v) is 14.8. The second-order valence-electron chi connectivity index (χ2n) is 4.73. The van der Waals surface area contributed by atoms with Crippen molar-refractivity contribution in [2.45, 2.75) is 9.79 Å². The van der Waals surface area contributed by atoms with Gasteiger partial charge in [-0.15, -0.1) is 16.9 Å². The Morgan fingerprint density at radius 3 is 2.54 bits per heavy atom. The summed E-state index contributed by atoms with van der Waals surface area (Å²) < 4.78 is 27.7. The largest absolute Gasteiger partial charge is 0.280 e. The molecule has 0 saturated carbocycles. The fourth-order valence-corrected chi connectivity index (χ4v) is 3.70. The van der Waals surface area contributed by atoms with Gasteiger partial charge in [0, 0.05) is 16.1 Å². The summed E-state index contributed by atoms with van der Waals surface area (Å²) in [5.74, 6) is 0.293. The van der Waals surface area contributed by atoms with Crippen molar-refractivity contribution in [3.63, 3.8) is 0 Å². The van der Waals surface area contributed by atoms with Crippen LogP contribution < -0.4 is 4.72 Å².